The van der Waals surface area contributed by atoms with Crippen molar-refractivity contribution in [3.8, 4) is 0 Å². The molecule has 0 fully saturated rings. The van der Waals surface area contributed by atoms with Gasteiger partial charge in [-0.2, -0.15) is 0 Å². The van der Waals surface area contributed by atoms with Crippen molar-refractivity contribution in [2.45, 2.75) is 6.42 Å². The summed E-state index contributed by atoms with van der Waals surface area (Å²) in [4.78, 5) is 18.3. The highest BCUT2D eigenvalue weighted by molar-refractivity contribution is 6.30. The van der Waals surface area contributed by atoms with E-state index < -0.39 is 0 Å². The third-order valence-electron chi connectivity index (χ3n) is 3.50. The number of pyridine rings is 1. The van der Waals surface area contributed by atoms with E-state index in [1.54, 1.807) is 12.4 Å². The van der Waals surface area contributed by atoms with Crippen molar-refractivity contribution in [1.29, 1.82) is 0 Å². The molecule has 0 atom stereocenters. The molecular formula is C18H23ClN4O. The average Bonchev–Trinajstić information content (AvgIpc) is 2.56. The normalized spacial score (nSPS) is 10.7. The van der Waals surface area contributed by atoms with Crippen LogP contribution in [0.4, 0.5) is 5.69 Å². The lowest BCUT2D eigenvalue weighted by atomic mass is 10.1. The van der Waals surface area contributed by atoms with E-state index in [2.05, 4.69) is 15.6 Å². The zero-order valence-electron chi connectivity index (χ0n) is 14.1. The Hall–Kier alpha value is -2.11. The summed E-state index contributed by atoms with van der Waals surface area (Å²) in [7, 11) is 3.94. The molecular weight excluding hydrogens is 324 g/mol. The Kier molecular flexibility index (Phi) is 7.03. The molecule has 0 spiro atoms. The Balaban J connectivity index is 1.83. The van der Waals surface area contributed by atoms with E-state index in [0.717, 1.165) is 30.2 Å². The summed E-state index contributed by atoms with van der Waals surface area (Å²) in [5, 5.41) is 6.92. The lowest BCUT2D eigenvalue weighted by Crippen LogP contribution is -2.31. The molecule has 128 valence electrons. The van der Waals surface area contributed by atoms with Crippen LogP contribution in [0.1, 0.15) is 15.9 Å². The van der Waals surface area contributed by atoms with Gasteiger partial charge in [0.05, 0.1) is 11.3 Å². The van der Waals surface area contributed by atoms with Gasteiger partial charge < -0.3 is 15.5 Å². The van der Waals surface area contributed by atoms with Crippen LogP contribution in [-0.2, 0) is 6.42 Å². The second-order valence-electron chi connectivity index (χ2n) is 5.82. The van der Waals surface area contributed by atoms with Crippen molar-refractivity contribution in [2.24, 2.45) is 0 Å². The Bertz CT molecular complexity index is 658. The molecule has 5 nitrogen and oxygen atoms in total. The predicted molar refractivity (Wildman–Crippen MR) is 98.8 cm³/mol. The molecule has 6 heteroatoms. The Morgan fingerprint density at radius 3 is 2.62 bits per heavy atom. The maximum atomic E-state index is 12.1. The number of carbonyl (C=O) groups excluding carboxylic acids is 1. The maximum Gasteiger partial charge on any atom is 0.252 e. The number of halogens is 1. The molecule has 1 amide bonds. The minimum Gasteiger partial charge on any atom is -0.383 e. The second-order valence-corrected chi connectivity index (χ2v) is 6.26. The number of amides is 1. The van der Waals surface area contributed by atoms with E-state index in [1.165, 1.54) is 5.56 Å². The van der Waals surface area contributed by atoms with Crippen LogP contribution in [0.2, 0.25) is 5.02 Å². The largest absolute Gasteiger partial charge is 0.383 e. The molecule has 0 aliphatic rings. The highest BCUT2D eigenvalue weighted by atomic mass is 35.5. The van der Waals surface area contributed by atoms with Gasteiger partial charge in [0, 0.05) is 37.1 Å². The van der Waals surface area contributed by atoms with E-state index in [4.69, 9.17) is 11.6 Å². The molecule has 0 saturated heterocycles. The quantitative estimate of drug-likeness (QED) is 0.771. The highest BCUT2D eigenvalue weighted by Gasteiger charge is 2.06. The van der Waals surface area contributed by atoms with Crippen molar-refractivity contribution in [1.82, 2.24) is 15.2 Å². The first-order valence-electron chi connectivity index (χ1n) is 7.91. The number of benzene rings is 1. The molecule has 2 N–H and O–H groups in total. The van der Waals surface area contributed by atoms with Gasteiger partial charge in [-0.25, -0.2) is 0 Å². The molecule has 2 rings (SSSR count). The topological polar surface area (TPSA) is 57.3 Å². The number of nitrogens with one attached hydrogen (secondary N) is 2. The second kappa shape index (κ2) is 9.25. The summed E-state index contributed by atoms with van der Waals surface area (Å²) in [6.45, 7) is 2.17. The smallest absolute Gasteiger partial charge is 0.252 e. The first-order valence-corrected chi connectivity index (χ1v) is 8.28. The molecule has 0 saturated carbocycles. The Morgan fingerprint density at radius 1 is 1.17 bits per heavy atom. The average molecular weight is 347 g/mol. The summed E-state index contributed by atoms with van der Waals surface area (Å²) in [5.41, 5.74) is 2.60. The van der Waals surface area contributed by atoms with Crippen LogP contribution in [-0.4, -0.2) is 49.5 Å². The lowest BCUT2D eigenvalue weighted by molar-refractivity contribution is 0.0950. The summed E-state index contributed by atoms with van der Waals surface area (Å²) < 4.78 is 0. The first-order chi connectivity index (χ1) is 11.5. The monoisotopic (exact) mass is 346 g/mol. The SMILES string of the molecule is CN(C)CCNC(=O)c1cncc(NCCc2ccc(Cl)cc2)c1. The molecule has 1 aromatic carbocycles. The van der Waals surface area contributed by atoms with E-state index in [0.29, 0.717) is 12.1 Å². The van der Waals surface area contributed by atoms with E-state index >= 15 is 0 Å². The highest BCUT2D eigenvalue weighted by Crippen LogP contribution is 2.11. The predicted octanol–water partition coefficient (Wildman–Crippen LogP) is 2.68. The third kappa shape index (κ3) is 6.18. The zero-order valence-corrected chi connectivity index (χ0v) is 14.8. The molecule has 1 heterocycles. The Morgan fingerprint density at radius 2 is 1.92 bits per heavy atom. The molecule has 0 bridgehead atoms. The number of nitrogens with zero attached hydrogens (tertiary/aromatic N) is 2. The zero-order chi connectivity index (χ0) is 17.4. The fourth-order valence-corrected chi connectivity index (χ4v) is 2.28. The van der Waals surface area contributed by atoms with Gasteiger partial charge in [-0.1, -0.05) is 23.7 Å². The van der Waals surface area contributed by atoms with Gasteiger partial charge in [0.15, 0.2) is 0 Å². The van der Waals surface area contributed by atoms with Gasteiger partial charge in [-0.15, -0.1) is 0 Å². The van der Waals surface area contributed by atoms with Crippen molar-refractivity contribution in [3.63, 3.8) is 0 Å². The van der Waals surface area contributed by atoms with Gasteiger partial charge in [0.2, 0.25) is 0 Å². The molecule has 24 heavy (non-hydrogen) atoms. The molecule has 2 aromatic rings. The van der Waals surface area contributed by atoms with Crippen molar-refractivity contribution in [3.05, 3.63) is 58.9 Å². The minimum absolute atomic E-state index is 0.106. The third-order valence-corrected chi connectivity index (χ3v) is 3.75. The van der Waals surface area contributed by atoms with Gasteiger partial charge >= 0.3 is 0 Å². The van der Waals surface area contributed by atoms with E-state index in [-0.39, 0.29) is 5.91 Å². The van der Waals surface area contributed by atoms with Crippen molar-refractivity contribution in [2.75, 3.05) is 39.0 Å². The maximum absolute atomic E-state index is 12.1. The number of hydrogen-bond acceptors (Lipinski definition) is 4. The molecule has 0 aliphatic heterocycles. The number of anilines is 1. The van der Waals surface area contributed by atoms with Gasteiger partial charge in [-0.05, 0) is 44.3 Å². The molecule has 0 aliphatic carbocycles. The first kappa shape index (κ1) is 18.2. The van der Waals surface area contributed by atoms with Crippen LogP contribution in [0.25, 0.3) is 0 Å². The van der Waals surface area contributed by atoms with Gasteiger partial charge in [0.1, 0.15) is 0 Å². The van der Waals surface area contributed by atoms with Gasteiger partial charge in [0.25, 0.3) is 5.91 Å². The van der Waals surface area contributed by atoms with E-state index in [1.807, 2.05) is 49.3 Å². The van der Waals surface area contributed by atoms with E-state index in [9.17, 15) is 4.79 Å². The number of aromatic nitrogens is 1. The van der Waals surface area contributed by atoms with Crippen LogP contribution in [0.5, 0.6) is 0 Å². The summed E-state index contributed by atoms with van der Waals surface area (Å²) >= 11 is 5.88. The lowest BCUT2D eigenvalue weighted by Gasteiger charge is -2.11. The van der Waals surface area contributed by atoms with Crippen LogP contribution in [0, 0.1) is 0 Å². The number of likely N-dealkylation sites (N-methyl/N-ethyl adjacent to an activating group) is 1. The number of rotatable bonds is 8. The fraction of sp³-hybridized carbons (Fsp3) is 0.333. The molecule has 0 radical (unpaired) electrons. The fourth-order valence-electron chi connectivity index (χ4n) is 2.16. The molecule has 0 unspecified atom stereocenters. The number of hydrogen-bond donors (Lipinski definition) is 2. The van der Waals surface area contributed by atoms with Crippen LogP contribution in [0.15, 0.2) is 42.7 Å². The minimum atomic E-state index is -0.106. The van der Waals surface area contributed by atoms with Gasteiger partial charge in [-0.3, -0.25) is 9.78 Å². The summed E-state index contributed by atoms with van der Waals surface area (Å²) in [6, 6.07) is 9.61. The molecule has 1 aromatic heterocycles. The van der Waals surface area contributed by atoms with Crippen molar-refractivity contribution < 1.29 is 4.79 Å². The standard InChI is InChI=1S/C18H23ClN4O/c1-23(2)10-9-22-18(24)15-11-17(13-20-12-15)21-8-7-14-3-5-16(19)6-4-14/h3-6,11-13,21H,7-10H2,1-2H3,(H,22,24). The Labute approximate surface area is 148 Å². The van der Waals surface area contributed by atoms with Crippen LogP contribution >= 0.6 is 11.6 Å². The van der Waals surface area contributed by atoms with Crippen LogP contribution < -0.4 is 10.6 Å². The van der Waals surface area contributed by atoms with Crippen molar-refractivity contribution >= 4 is 23.2 Å². The number of carbonyl (C=O) groups is 1. The summed E-state index contributed by atoms with van der Waals surface area (Å²) in [5.74, 6) is -0.106. The van der Waals surface area contributed by atoms with Crippen LogP contribution in [0.3, 0.4) is 0 Å². The summed E-state index contributed by atoms with van der Waals surface area (Å²) in [6.07, 6.45) is 4.17.